The van der Waals surface area contributed by atoms with E-state index in [0.29, 0.717) is 17.2 Å². The predicted molar refractivity (Wildman–Crippen MR) is 133 cm³/mol. The third kappa shape index (κ3) is 4.48. The molecule has 1 N–H and O–H groups in total. The molecule has 4 aromatic rings. The van der Waals surface area contributed by atoms with Gasteiger partial charge in [0.25, 0.3) is 0 Å². The lowest BCUT2D eigenvalue weighted by Gasteiger charge is -2.11. The second-order valence-electron chi connectivity index (χ2n) is 8.03. The molecule has 1 amide bonds. The maximum absolute atomic E-state index is 12.7. The zero-order chi connectivity index (χ0) is 23.5. The first kappa shape index (κ1) is 22.2. The van der Waals surface area contributed by atoms with E-state index >= 15 is 0 Å². The fraction of sp³-hybridized carbons (Fsp3) is 0.179. The minimum atomic E-state index is -0.249. The Morgan fingerprint density at radius 1 is 0.939 bits per heavy atom. The Kier molecular flexibility index (Phi) is 6.22. The first-order valence-electron chi connectivity index (χ1n) is 10.7. The number of aryl methyl sites for hydroxylation is 2. The van der Waals surface area contributed by atoms with Gasteiger partial charge in [-0.2, -0.15) is 0 Å². The van der Waals surface area contributed by atoms with Gasteiger partial charge in [-0.15, -0.1) is 0 Å². The third-order valence-electron chi connectivity index (χ3n) is 5.70. The average Bonchev–Trinajstić information content (AvgIpc) is 3.21. The number of methoxy groups -OCH3 is 2. The van der Waals surface area contributed by atoms with E-state index in [2.05, 4.69) is 37.4 Å². The molecule has 0 fully saturated rings. The first-order valence-corrected chi connectivity index (χ1v) is 10.7. The van der Waals surface area contributed by atoms with Gasteiger partial charge in [-0.3, -0.25) is 4.79 Å². The zero-order valence-corrected chi connectivity index (χ0v) is 19.5. The van der Waals surface area contributed by atoms with E-state index in [1.807, 2.05) is 31.2 Å². The molecule has 5 nitrogen and oxygen atoms in total. The molecule has 0 atom stereocenters. The van der Waals surface area contributed by atoms with E-state index in [0.717, 1.165) is 33.2 Å². The zero-order valence-electron chi connectivity index (χ0n) is 19.5. The smallest absolute Gasteiger partial charge is 0.248 e. The van der Waals surface area contributed by atoms with Crippen molar-refractivity contribution in [1.29, 1.82) is 0 Å². The van der Waals surface area contributed by atoms with Gasteiger partial charge in [0.1, 0.15) is 17.1 Å². The van der Waals surface area contributed by atoms with Crippen molar-refractivity contribution in [3.63, 3.8) is 0 Å². The molecule has 0 saturated heterocycles. The van der Waals surface area contributed by atoms with E-state index in [-0.39, 0.29) is 5.91 Å². The number of ether oxygens (including phenoxy) is 2. The maximum Gasteiger partial charge on any atom is 0.248 e. The van der Waals surface area contributed by atoms with Gasteiger partial charge in [0.05, 0.1) is 26.2 Å². The molecule has 1 aromatic heterocycles. The highest BCUT2D eigenvalue weighted by molar-refractivity contribution is 6.06. The van der Waals surface area contributed by atoms with Crippen LogP contribution in [0.1, 0.15) is 23.6 Å². The van der Waals surface area contributed by atoms with Crippen LogP contribution >= 0.6 is 0 Å². The molecule has 1 heterocycles. The van der Waals surface area contributed by atoms with Gasteiger partial charge in [-0.05, 0) is 55.7 Å². The molecule has 0 aliphatic carbocycles. The molecule has 0 aliphatic heterocycles. The lowest BCUT2D eigenvalue weighted by Crippen LogP contribution is -2.09. The molecule has 168 valence electrons. The lowest BCUT2D eigenvalue weighted by atomic mass is 9.96. The summed E-state index contributed by atoms with van der Waals surface area (Å²) in [5, 5.41) is 3.85. The lowest BCUT2D eigenvalue weighted by molar-refractivity contribution is -0.111. The summed E-state index contributed by atoms with van der Waals surface area (Å²) in [6, 6.07) is 17.6. The Morgan fingerprint density at radius 3 is 2.42 bits per heavy atom. The Bertz CT molecular complexity index is 1360. The van der Waals surface area contributed by atoms with Crippen molar-refractivity contribution in [2.45, 2.75) is 20.8 Å². The SMILES string of the molecule is COc1ccccc1NC(=O)/C=C(\C)c1cc2c(-c3ccc(C)cc3C)coc2cc1OC. The molecule has 0 bridgehead atoms. The Hall–Kier alpha value is -3.99. The van der Waals surface area contributed by atoms with Crippen LogP contribution in [0.4, 0.5) is 5.69 Å². The van der Waals surface area contributed by atoms with Crippen molar-refractivity contribution in [3.8, 4) is 22.6 Å². The summed E-state index contributed by atoms with van der Waals surface area (Å²) in [7, 11) is 3.19. The van der Waals surface area contributed by atoms with Crippen LogP contribution in [0.3, 0.4) is 0 Å². The van der Waals surface area contributed by atoms with E-state index in [9.17, 15) is 4.79 Å². The van der Waals surface area contributed by atoms with Crippen LogP contribution in [0.2, 0.25) is 0 Å². The summed E-state index contributed by atoms with van der Waals surface area (Å²) in [6.45, 7) is 6.07. The molecule has 0 radical (unpaired) electrons. The van der Waals surface area contributed by atoms with Crippen LogP contribution in [0.15, 0.2) is 71.4 Å². The van der Waals surface area contributed by atoms with Gasteiger partial charge in [0, 0.05) is 28.7 Å². The van der Waals surface area contributed by atoms with Crippen molar-refractivity contribution in [1.82, 2.24) is 0 Å². The highest BCUT2D eigenvalue weighted by Gasteiger charge is 2.16. The molecule has 0 spiro atoms. The third-order valence-corrected chi connectivity index (χ3v) is 5.70. The molecule has 5 heteroatoms. The van der Waals surface area contributed by atoms with Crippen LogP contribution in [-0.4, -0.2) is 20.1 Å². The molecule has 0 unspecified atom stereocenters. The fourth-order valence-corrected chi connectivity index (χ4v) is 4.05. The van der Waals surface area contributed by atoms with E-state index in [4.69, 9.17) is 13.9 Å². The number of nitrogens with one attached hydrogen (secondary N) is 1. The number of carbonyl (C=O) groups excluding carboxylic acids is 1. The van der Waals surface area contributed by atoms with Crippen LogP contribution in [0.25, 0.3) is 27.7 Å². The average molecular weight is 442 g/mol. The quantitative estimate of drug-likeness (QED) is 0.335. The molecule has 3 aromatic carbocycles. The number of allylic oxidation sites excluding steroid dienone is 1. The predicted octanol–water partition coefficient (Wildman–Crippen LogP) is 6.78. The van der Waals surface area contributed by atoms with E-state index < -0.39 is 0 Å². The van der Waals surface area contributed by atoms with Crippen molar-refractivity contribution >= 4 is 28.1 Å². The first-order chi connectivity index (χ1) is 15.9. The van der Waals surface area contributed by atoms with Gasteiger partial charge in [0.2, 0.25) is 5.91 Å². The summed E-state index contributed by atoms with van der Waals surface area (Å²) in [4.78, 5) is 12.7. The van der Waals surface area contributed by atoms with Gasteiger partial charge >= 0.3 is 0 Å². The van der Waals surface area contributed by atoms with Crippen LogP contribution in [-0.2, 0) is 4.79 Å². The fourth-order valence-electron chi connectivity index (χ4n) is 4.05. The van der Waals surface area contributed by atoms with Gasteiger partial charge in [0.15, 0.2) is 0 Å². The highest BCUT2D eigenvalue weighted by Crippen LogP contribution is 2.38. The number of hydrogen-bond acceptors (Lipinski definition) is 4. The highest BCUT2D eigenvalue weighted by atomic mass is 16.5. The van der Waals surface area contributed by atoms with E-state index in [1.54, 1.807) is 38.7 Å². The molecular formula is C28H27NO4. The van der Waals surface area contributed by atoms with Crippen molar-refractivity contribution in [3.05, 3.63) is 83.6 Å². The Morgan fingerprint density at radius 2 is 1.70 bits per heavy atom. The number of para-hydroxylation sites is 2. The Labute approximate surface area is 193 Å². The number of carbonyl (C=O) groups is 1. The second kappa shape index (κ2) is 9.25. The number of hydrogen-bond donors (Lipinski definition) is 1. The number of furan rings is 1. The van der Waals surface area contributed by atoms with E-state index in [1.165, 1.54) is 11.1 Å². The minimum Gasteiger partial charge on any atom is -0.496 e. The van der Waals surface area contributed by atoms with Crippen molar-refractivity contribution in [2.24, 2.45) is 0 Å². The van der Waals surface area contributed by atoms with Gasteiger partial charge in [-0.25, -0.2) is 0 Å². The standard InChI is InChI=1S/C28H27NO4/c1-17-10-11-20(18(2)12-17)23-16-33-27-15-26(32-5)21(14-22(23)27)19(3)13-28(30)29-24-8-6-7-9-25(24)31-4/h6-16H,1-5H3,(H,29,30)/b19-13+. The summed E-state index contributed by atoms with van der Waals surface area (Å²) in [6.07, 6.45) is 3.34. The summed E-state index contributed by atoms with van der Waals surface area (Å²) in [5.74, 6) is 0.997. The molecule has 0 saturated carbocycles. The molecule has 33 heavy (non-hydrogen) atoms. The normalized spacial score (nSPS) is 11.5. The van der Waals surface area contributed by atoms with Crippen LogP contribution in [0.5, 0.6) is 11.5 Å². The van der Waals surface area contributed by atoms with Gasteiger partial charge in [-0.1, -0.05) is 35.9 Å². The number of rotatable bonds is 6. The molecular weight excluding hydrogens is 414 g/mol. The van der Waals surface area contributed by atoms with Crippen molar-refractivity contribution in [2.75, 3.05) is 19.5 Å². The monoisotopic (exact) mass is 441 g/mol. The van der Waals surface area contributed by atoms with Gasteiger partial charge < -0.3 is 19.2 Å². The minimum absolute atomic E-state index is 0.249. The topological polar surface area (TPSA) is 60.7 Å². The Balaban J connectivity index is 1.73. The molecule has 4 rings (SSSR count). The number of fused-ring (bicyclic) bond motifs is 1. The number of anilines is 1. The largest absolute Gasteiger partial charge is 0.496 e. The molecule has 0 aliphatic rings. The van der Waals surface area contributed by atoms with Crippen LogP contribution < -0.4 is 14.8 Å². The summed E-state index contributed by atoms with van der Waals surface area (Å²) >= 11 is 0. The maximum atomic E-state index is 12.7. The number of amides is 1. The van der Waals surface area contributed by atoms with Crippen molar-refractivity contribution < 1.29 is 18.7 Å². The summed E-state index contributed by atoms with van der Waals surface area (Å²) in [5.41, 5.74) is 7.47. The number of benzene rings is 3. The van der Waals surface area contributed by atoms with Crippen LogP contribution in [0, 0.1) is 13.8 Å². The second-order valence-corrected chi connectivity index (χ2v) is 8.03. The summed E-state index contributed by atoms with van der Waals surface area (Å²) < 4.78 is 16.8.